The van der Waals surface area contributed by atoms with Gasteiger partial charge in [-0.15, -0.1) is 37.9 Å². The number of anilines is 1. The normalized spacial score (nSPS) is 15.5. The number of ketones is 2. The molecule has 0 radical (unpaired) electrons. The van der Waals surface area contributed by atoms with Gasteiger partial charge in [0.1, 0.15) is 29.9 Å². The number of amides is 3. The van der Waals surface area contributed by atoms with Crippen molar-refractivity contribution in [2.75, 3.05) is 36.0 Å². The van der Waals surface area contributed by atoms with Crippen molar-refractivity contribution in [1.82, 2.24) is 16.0 Å². The molecule has 3 aliphatic rings. The van der Waals surface area contributed by atoms with Crippen LogP contribution in [0.3, 0.4) is 0 Å². The number of urea groups is 1. The summed E-state index contributed by atoms with van der Waals surface area (Å²) in [5.74, 6) is -3.93. The molecular formula is C74H93N5O26S5. The van der Waals surface area contributed by atoms with Crippen LogP contribution in [-0.2, 0) is 104 Å². The largest absolute Gasteiger partial charge is 0.748 e. The Labute approximate surface area is 644 Å². The molecule has 1 aliphatic carbocycles. The molecule has 7 rings (SSSR count). The van der Waals surface area contributed by atoms with E-state index in [1.807, 2.05) is 60.7 Å². The Hall–Kier alpha value is -9.81. The summed E-state index contributed by atoms with van der Waals surface area (Å²) in [6.07, 6.45) is 17.0. The first-order chi connectivity index (χ1) is 51.9. The minimum atomic E-state index is -4.38. The third-order valence-corrected chi connectivity index (χ3v) is 19.5. The SMILES string of the molecule is CCNC(=O)N[C@@H](CCC(=O)CCCCCCCCC(=O)N[C@@H](Cc1ccccc1)C(=O)C[C@@H](Cc1ccc(OC2=C(/C=C/C3=[N+](CCCCS(=O)(=O)[O-])c4ccccc4C3(C)C)CCC/C2=C\C=C2/C(C)c3ccccc3N2CCCCS(=O)(=O)O)cc1)C(=O)O)C(=O)O.O=C=O.O=S(=O)=O.O=S(=O)=O.O=S(=O)=O. The van der Waals surface area contributed by atoms with E-state index < -0.39 is 105 Å². The standard InChI is InChI=1S/C73H93N5O15S2.CO2.3O3S/c1-5-74-72(86)76-61(71(84)85)41-38-57(79)28-13-8-6-7-9-14-33-68(81)75-62(49-52-24-11-10-12-25-52)66(80)50-56(70(82)83)48-53-34-39-58(40-35-53)93-69-54(36-42-63-51(2)59-29-15-17-31-64(59)77(63)44-19-21-46-94(87,88)89)26-23-27-55(69)37-43-67-73(3,4)60-30-16-18-32-65(60)78(67)45-20-22-47-95(90,91)92;2-1-3;3*1-4(2)3/h10-12,15-18,24-25,29-32,34-37,39-40,42-43,51,56,61-62H,5-9,13-14,19-23,26-28,33,38,41,44-50H2,1-4H3,(H6-,74,75,76,81,82,83,84,85,86,87,88,89,90,91,92);;;;/t51?,56-,61+,62+;;;;/m1..../s1. The lowest BCUT2D eigenvalue weighted by Crippen LogP contribution is -2.46. The maximum atomic E-state index is 14.2. The van der Waals surface area contributed by atoms with E-state index in [1.165, 1.54) is 0 Å². The second-order valence-electron chi connectivity index (χ2n) is 26.2. The third-order valence-electron chi connectivity index (χ3n) is 17.9. The number of benzene rings is 4. The van der Waals surface area contributed by atoms with Gasteiger partial charge in [0, 0.05) is 86.0 Å². The topological polar surface area (TPSA) is 494 Å². The van der Waals surface area contributed by atoms with E-state index in [0.717, 1.165) is 82.7 Å². The molecule has 2 heterocycles. The molecule has 4 aromatic rings. The molecular weight excluding hydrogens is 1540 g/mol. The van der Waals surface area contributed by atoms with Crippen LogP contribution in [0.1, 0.15) is 171 Å². The third kappa shape index (κ3) is 35.7. The van der Waals surface area contributed by atoms with Gasteiger partial charge in [0.05, 0.1) is 33.2 Å². The number of rotatable bonds is 39. The van der Waals surface area contributed by atoms with E-state index in [0.29, 0.717) is 81.7 Å². The smallest absolute Gasteiger partial charge is 0.425 e. The first-order valence-corrected chi connectivity index (χ1v) is 41.4. The number of carboxylic acid groups (broad SMARTS) is 2. The number of carbonyl (C=O) groups excluding carboxylic acids is 6. The molecule has 31 nitrogen and oxygen atoms in total. The van der Waals surface area contributed by atoms with Crippen LogP contribution in [0.15, 0.2) is 150 Å². The van der Waals surface area contributed by atoms with Gasteiger partial charge in [-0.05, 0) is 150 Å². The summed E-state index contributed by atoms with van der Waals surface area (Å²) in [5, 5.41) is 27.8. The summed E-state index contributed by atoms with van der Waals surface area (Å²) in [4.78, 5) is 95.0. The minimum absolute atomic E-state index is 0.000708. The molecule has 600 valence electrons. The van der Waals surface area contributed by atoms with Crippen molar-refractivity contribution in [3.8, 4) is 5.75 Å². The van der Waals surface area contributed by atoms with Crippen LogP contribution < -0.4 is 25.6 Å². The fourth-order valence-corrected chi connectivity index (χ4v) is 13.9. The number of allylic oxidation sites excluding steroid dienone is 7. The molecule has 4 atom stereocenters. The molecule has 3 amide bonds. The lowest BCUT2D eigenvalue weighted by atomic mass is 9.81. The van der Waals surface area contributed by atoms with E-state index in [4.69, 9.17) is 52.2 Å². The van der Waals surface area contributed by atoms with E-state index in [1.54, 1.807) is 31.2 Å². The zero-order valence-corrected chi connectivity index (χ0v) is 65.4. The molecule has 0 aromatic heterocycles. The average molecular weight is 1630 g/mol. The van der Waals surface area contributed by atoms with Gasteiger partial charge >= 0.3 is 55.9 Å². The molecule has 110 heavy (non-hydrogen) atoms. The molecule has 0 bridgehead atoms. The number of aliphatic carboxylic acids is 2. The van der Waals surface area contributed by atoms with Crippen LogP contribution in [0.5, 0.6) is 5.75 Å². The van der Waals surface area contributed by atoms with Crippen molar-refractivity contribution in [1.29, 1.82) is 0 Å². The number of ether oxygens (including phenoxy) is 1. The van der Waals surface area contributed by atoms with Crippen molar-refractivity contribution < 1.29 is 122 Å². The Bertz CT molecular complexity index is 4530. The Morgan fingerprint density at radius 2 is 1.25 bits per heavy atom. The summed E-state index contributed by atoms with van der Waals surface area (Å²) in [6, 6.07) is 29.9. The van der Waals surface area contributed by atoms with Gasteiger partial charge in [0.25, 0.3) is 10.1 Å². The first kappa shape index (κ1) is 94.4. The van der Waals surface area contributed by atoms with Gasteiger partial charge in [-0.3, -0.25) is 23.7 Å². The highest BCUT2D eigenvalue weighted by Gasteiger charge is 2.44. The van der Waals surface area contributed by atoms with E-state index in [-0.39, 0.29) is 80.9 Å². The molecule has 0 fully saturated rings. The monoisotopic (exact) mass is 1630 g/mol. The highest BCUT2D eigenvalue weighted by atomic mass is 32.2. The van der Waals surface area contributed by atoms with E-state index in [9.17, 15) is 64.9 Å². The van der Waals surface area contributed by atoms with E-state index >= 15 is 0 Å². The quantitative estimate of drug-likeness (QED) is 0.0139. The van der Waals surface area contributed by atoms with Crippen molar-refractivity contribution in [3.05, 3.63) is 172 Å². The van der Waals surface area contributed by atoms with Crippen molar-refractivity contribution >= 4 is 111 Å². The number of hydrogen-bond donors (Lipinski definition) is 6. The predicted octanol–water partition coefficient (Wildman–Crippen LogP) is 8.14. The summed E-state index contributed by atoms with van der Waals surface area (Å²) < 4.78 is 153. The second-order valence-corrected chi connectivity index (χ2v) is 30.5. The maximum absolute atomic E-state index is 14.2. The highest BCUT2D eigenvalue weighted by Crippen LogP contribution is 2.45. The fourth-order valence-electron chi connectivity index (χ4n) is 12.8. The Kier molecular flexibility index (Phi) is 41.8. The zero-order valence-electron chi connectivity index (χ0n) is 61.3. The molecule has 2 aliphatic heterocycles. The molecule has 36 heteroatoms. The highest BCUT2D eigenvalue weighted by molar-refractivity contribution is 7.86. The molecule has 6 N–H and O–H groups in total. The Morgan fingerprint density at radius 3 is 1.85 bits per heavy atom. The van der Waals surface area contributed by atoms with Gasteiger partial charge in [-0.25, -0.2) is 18.0 Å². The van der Waals surface area contributed by atoms with Gasteiger partial charge in [0.15, 0.2) is 11.5 Å². The number of unbranched alkanes of at least 4 members (excludes halogenated alkanes) is 7. The molecule has 0 saturated heterocycles. The van der Waals surface area contributed by atoms with Crippen molar-refractivity contribution in [2.45, 2.75) is 180 Å². The predicted molar refractivity (Wildman–Crippen MR) is 400 cm³/mol. The number of carbonyl (C=O) groups is 6. The number of hydrogen-bond acceptors (Lipinski definition) is 24. The number of para-hydroxylation sites is 2. The summed E-state index contributed by atoms with van der Waals surface area (Å²) >= 11 is 0. The van der Waals surface area contributed by atoms with Gasteiger partial charge in [-0.1, -0.05) is 118 Å². The molecule has 0 spiro atoms. The minimum Gasteiger partial charge on any atom is -0.748 e. The molecule has 0 saturated carbocycles. The Morgan fingerprint density at radius 1 is 0.673 bits per heavy atom. The average Bonchev–Trinajstić information content (AvgIpc) is 1.60. The van der Waals surface area contributed by atoms with Crippen molar-refractivity contribution in [2.24, 2.45) is 5.92 Å². The zero-order chi connectivity index (χ0) is 82.2. The molecule has 4 aromatic carbocycles. The van der Waals surface area contributed by atoms with Crippen LogP contribution >= 0.6 is 0 Å². The van der Waals surface area contributed by atoms with Gasteiger partial charge < -0.3 is 40.4 Å². The second kappa shape index (κ2) is 48.7. The Balaban J connectivity index is 0.00000191. The van der Waals surface area contributed by atoms with Crippen LogP contribution in [0.4, 0.5) is 16.2 Å². The number of carboxylic acids is 2. The van der Waals surface area contributed by atoms with Gasteiger partial charge in [0.2, 0.25) is 11.6 Å². The van der Waals surface area contributed by atoms with Crippen LogP contribution in [0.2, 0.25) is 0 Å². The van der Waals surface area contributed by atoms with Gasteiger partial charge in [-0.2, -0.15) is 22.6 Å². The number of nitrogens with one attached hydrogen (secondary N) is 3. The number of Topliss-reactive ketones (excluding diaryl/α,β-unsaturated/α-hetero) is 2. The van der Waals surface area contributed by atoms with Crippen molar-refractivity contribution in [3.63, 3.8) is 0 Å². The summed E-state index contributed by atoms with van der Waals surface area (Å²) in [7, 11) is -17.8. The van der Waals surface area contributed by atoms with Crippen LogP contribution in [0, 0.1) is 5.92 Å². The number of fused-ring (bicyclic) bond motifs is 2. The summed E-state index contributed by atoms with van der Waals surface area (Å²) in [5.41, 5.74) is 9.13. The fraction of sp³-hybridized carbons (Fsp3) is 0.459. The maximum Gasteiger partial charge on any atom is 0.425 e. The lowest BCUT2D eigenvalue weighted by Gasteiger charge is -2.24. The molecule has 1 unspecified atom stereocenters. The lowest BCUT2D eigenvalue weighted by molar-refractivity contribution is -0.438. The number of nitrogens with zero attached hydrogens (tertiary/aromatic N) is 2. The summed E-state index contributed by atoms with van der Waals surface area (Å²) in [6.45, 7) is 9.50. The van der Waals surface area contributed by atoms with E-state index in [2.05, 4.69) is 88.7 Å². The van der Waals surface area contributed by atoms with Crippen LogP contribution in [0.25, 0.3) is 0 Å². The van der Waals surface area contributed by atoms with Crippen LogP contribution in [-0.4, -0.2) is 169 Å². The first-order valence-electron chi connectivity index (χ1n) is 35.2.